The second-order valence-corrected chi connectivity index (χ2v) is 7.36. The monoisotopic (exact) mass is 309 g/mol. The molecule has 0 radical (unpaired) electrons. The molecule has 22 heavy (non-hydrogen) atoms. The first kappa shape index (κ1) is 16.2. The van der Waals surface area contributed by atoms with Gasteiger partial charge in [-0.15, -0.1) is 0 Å². The fourth-order valence-corrected chi connectivity index (χ4v) is 4.66. The zero-order chi connectivity index (χ0) is 15.5. The highest BCUT2D eigenvalue weighted by atomic mass is 16.5. The number of nitrogens with two attached hydrogens (primary N) is 1. The average molecular weight is 309 g/mol. The van der Waals surface area contributed by atoms with Crippen LogP contribution in [0, 0.1) is 17.8 Å². The van der Waals surface area contributed by atoms with Gasteiger partial charge in [0.1, 0.15) is 0 Å². The first-order valence-corrected chi connectivity index (χ1v) is 8.94. The maximum Gasteiger partial charge on any atom is 0.225 e. The van der Waals surface area contributed by atoms with Gasteiger partial charge in [-0.1, -0.05) is 6.42 Å². The van der Waals surface area contributed by atoms with E-state index in [-0.39, 0.29) is 5.92 Å². The average Bonchev–Trinajstić information content (AvgIpc) is 2.52. The van der Waals surface area contributed by atoms with Gasteiger partial charge in [0, 0.05) is 51.8 Å². The lowest BCUT2D eigenvalue weighted by molar-refractivity contribution is -0.140. The van der Waals surface area contributed by atoms with Gasteiger partial charge in [0.2, 0.25) is 5.91 Å². The van der Waals surface area contributed by atoms with Gasteiger partial charge in [0.15, 0.2) is 0 Å². The number of methoxy groups -OCH3 is 1. The number of nitrogens with zero attached hydrogens (tertiary/aromatic N) is 2. The van der Waals surface area contributed by atoms with Gasteiger partial charge in [-0.2, -0.15) is 0 Å². The second-order valence-electron chi connectivity index (χ2n) is 7.36. The Morgan fingerprint density at radius 1 is 1.14 bits per heavy atom. The van der Waals surface area contributed by atoms with Crippen LogP contribution in [-0.2, 0) is 9.53 Å². The molecule has 1 aliphatic heterocycles. The van der Waals surface area contributed by atoms with Gasteiger partial charge in [0.05, 0.1) is 6.61 Å². The Morgan fingerprint density at radius 3 is 2.36 bits per heavy atom. The summed E-state index contributed by atoms with van der Waals surface area (Å²) in [6.45, 7) is 5.46. The molecule has 2 atom stereocenters. The Hall–Kier alpha value is -0.650. The van der Waals surface area contributed by atoms with Crippen LogP contribution < -0.4 is 5.73 Å². The van der Waals surface area contributed by atoms with Crippen molar-refractivity contribution >= 4 is 5.91 Å². The Bertz CT molecular complexity index is 368. The molecule has 0 aromatic carbocycles. The van der Waals surface area contributed by atoms with Crippen molar-refractivity contribution in [3.05, 3.63) is 0 Å². The van der Waals surface area contributed by atoms with Gasteiger partial charge in [-0.05, 0) is 37.5 Å². The van der Waals surface area contributed by atoms with Crippen LogP contribution in [0.2, 0.25) is 0 Å². The molecule has 1 saturated heterocycles. The number of ether oxygens (including phenoxy) is 1. The molecule has 2 unspecified atom stereocenters. The molecule has 126 valence electrons. The molecule has 0 aromatic heterocycles. The van der Waals surface area contributed by atoms with Crippen LogP contribution >= 0.6 is 0 Å². The van der Waals surface area contributed by atoms with Crippen LogP contribution in [0.25, 0.3) is 0 Å². The van der Waals surface area contributed by atoms with E-state index in [1.54, 1.807) is 7.11 Å². The molecule has 3 aliphatic rings. The maximum atomic E-state index is 12.9. The van der Waals surface area contributed by atoms with E-state index in [4.69, 9.17) is 10.5 Å². The first-order chi connectivity index (χ1) is 10.7. The summed E-state index contributed by atoms with van der Waals surface area (Å²) < 4.78 is 5.13. The number of rotatable bonds is 4. The zero-order valence-electron chi connectivity index (χ0n) is 13.9. The van der Waals surface area contributed by atoms with Crippen molar-refractivity contribution in [3.63, 3.8) is 0 Å². The number of carbonyl (C=O) groups excluding carboxylic acids is 1. The maximum absolute atomic E-state index is 12.9. The third kappa shape index (κ3) is 3.47. The van der Waals surface area contributed by atoms with Crippen LogP contribution in [0.5, 0.6) is 0 Å². The molecule has 2 aliphatic carbocycles. The van der Waals surface area contributed by atoms with E-state index in [2.05, 4.69) is 9.80 Å². The number of hydrogen-bond acceptors (Lipinski definition) is 4. The molecule has 1 heterocycles. The normalized spacial score (nSPS) is 36.4. The third-order valence-electron chi connectivity index (χ3n) is 6.06. The zero-order valence-corrected chi connectivity index (χ0v) is 13.9. The minimum atomic E-state index is 0.237. The molecule has 2 N–H and O–H groups in total. The summed E-state index contributed by atoms with van der Waals surface area (Å²) in [6.07, 6.45) is 5.82. The van der Waals surface area contributed by atoms with Gasteiger partial charge in [-0.3, -0.25) is 9.69 Å². The molecule has 2 saturated carbocycles. The van der Waals surface area contributed by atoms with Crippen LogP contribution in [-0.4, -0.2) is 68.2 Å². The van der Waals surface area contributed by atoms with Gasteiger partial charge in [0.25, 0.3) is 0 Å². The molecule has 0 spiro atoms. The molecular weight excluding hydrogens is 278 g/mol. The van der Waals surface area contributed by atoms with E-state index in [1.165, 1.54) is 19.3 Å². The van der Waals surface area contributed by atoms with Crippen molar-refractivity contribution < 1.29 is 9.53 Å². The van der Waals surface area contributed by atoms with Crippen molar-refractivity contribution in [1.29, 1.82) is 0 Å². The Morgan fingerprint density at radius 2 is 1.77 bits per heavy atom. The van der Waals surface area contributed by atoms with E-state index >= 15 is 0 Å². The minimum absolute atomic E-state index is 0.237. The quantitative estimate of drug-likeness (QED) is 0.839. The minimum Gasteiger partial charge on any atom is -0.383 e. The second kappa shape index (κ2) is 7.28. The van der Waals surface area contributed by atoms with E-state index in [0.717, 1.165) is 52.2 Å². The molecule has 3 fully saturated rings. The topological polar surface area (TPSA) is 58.8 Å². The van der Waals surface area contributed by atoms with E-state index in [0.29, 0.717) is 23.8 Å². The lowest BCUT2D eigenvalue weighted by Crippen LogP contribution is -2.54. The Kier molecular flexibility index (Phi) is 5.37. The fraction of sp³-hybridized carbons (Fsp3) is 0.941. The highest BCUT2D eigenvalue weighted by Crippen LogP contribution is 2.42. The Balaban J connectivity index is 1.50. The van der Waals surface area contributed by atoms with Gasteiger partial charge >= 0.3 is 0 Å². The highest BCUT2D eigenvalue weighted by Gasteiger charge is 2.41. The predicted octanol–water partition coefficient (Wildman–Crippen LogP) is 0.931. The summed E-state index contributed by atoms with van der Waals surface area (Å²) in [5, 5.41) is 0. The van der Waals surface area contributed by atoms with Crippen molar-refractivity contribution in [2.45, 2.75) is 38.1 Å². The van der Waals surface area contributed by atoms with E-state index < -0.39 is 0 Å². The van der Waals surface area contributed by atoms with Crippen molar-refractivity contribution in [1.82, 2.24) is 9.80 Å². The summed E-state index contributed by atoms with van der Waals surface area (Å²) >= 11 is 0. The summed E-state index contributed by atoms with van der Waals surface area (Å²) in [4.78, 5) is 17.3. The SMILES string of the molecule is COCCN1CCN(C(=O)C2CC3CCCC(C2)C3N)CC1. The first-order valence-electron chi connectivity index (χ1n) is 8.94. The largest absolute Gasteiger partial charge is 0.383 e. The standard InChI is InChI=1S/C17H31N3O2/c1-22-10-9-19-5-7-20(8-6-19)17(21)15-11-13-3-2-4-14(12-15)16(13)18/h13-16H,2-12,18H2,1H3. The molecule has 5 heteroatoms. The molecule has 0 aromatic rings. The molecule has 5 nitrogen and oxygen atoms in total. The number of amides is 1. The van der Waals surface area contributed by atoms with Gasteiger partial charge in [-0.25, -0.2) is 0 Å². The summed E-state index contributed by atoms with van der Waals surface area (Å²) in [7, 11) is 1.74. The molecule has 2 bridgehead atoms. The van der Waals surface area contributed by atoms with E-state index in [1.807, 2.05) is 0 Å². The molecule has 1 amide bonds. The lowest BCUT2D eigenvalue weighted by Gasteiger charge is -2.45. The predicted molar refractivity (Wildman–Crippen MR) is 86.4 cm³/mol. The third-order valence-corrected chi connectivity index (χ3v) is 6.06. The number of carbonyl (C=O) groups is 1. The highest BCUT2D eigenvalue weighted by molar-refractivity contribution is 5.79. The van der Waals surface area contributed by atoms with Crippen LogP contribution in [0.1, 0.15) is 32.1 Å². The van der Waals surface area contributed by atoms with Crippen LogP contribution in [0.4, 0.5) is 0 Å². The van der Waals surface area contributed by atoms with Gasteiger partial charge < -0.3 is 15.4 Å². The van der Waals surface area contributed by atoms with Crippen LogP contribution in [0.15, 0.2) is 0 Å². The number of hydrogen-bond donors (Lipinski definition) is 1. The summed E-state index contributed by atoms with van der Waals surface area (Å²) in [5.41, 5.74) is 6.35. The van der Waals surface area contributed by atoms with Crippen LogP contribution in [0.3, 0.4) is 0 Å². The van der Waals surface area contributed by atoms with E-state index in [9.17, 15) is 4.79 Å². The number of fused-ring (bicyclic) bond motifs is 2. The Labute approximate surface area is 134 Å². The lowest BCUT2D eigenvalue weighted by atomic mass is 9.65. The van der Waals surface area contributed by atoms with Crippen molar-refractivity contribution in [2.24, 2.45) is 23.5 Å². The fourth-order valence-electron chi connectivity index (χ4n) is 4.66. The summed E-state index contributed by atoms with van der Waals surface area (Å²) in [5.74, 6) is 1.81. The molecule has 3 rings (SSSR count). The smallest absolute Gasteiger partial charge is 0.225 e. The molecular formula is C17H31N3O2. The van der Waals surface area contributed by atoms with Crippen molar-refractivity contribution in [2.75, 3.05) is 46.4 Å². The van der Waals surface area contributed by atoms with Crippen molar-refractivity contribution in [3.8, 4) is 0 Å². The number of piperazine rings is 1. The summed E-state index contributed by atoms with van der Waals surface area (Å²) in [6, 6.07) is 0.351.